The molecule has 3 amide bonds. The van der Waals surface area contributed by atoms with Crippen LogP contribution in [0, 0.1) is 13.8 Å². The molecule has 7 nitrogen and oxygen atoms in total. The average molecular weight is 381 g/mol. The first-order valence-electron chi connectivity index (χ1n) is 9.15. The van der Waals surface area contributed by atoms with Crippen molar-refractivity contribution in [3.8, 4) is 0 Å². The van der Waals surface area contributed by atoms with Gasteiger partial charge in [-0.25, -0.2) is 4.79 Å². The molecule has 0 saturated carbocycles. The number of nitrogens with zero attached hydrogens (tertiary/aromatic N) is 1. The summed E-state index contributed by atoms with van der Waals surface area (Å²) in [7, 11) is 0. The number of benzene rings is 1. The maximum absolute atomic E-state index is 13.1. The second kappa shape index (κ2) is 7.07. The molecular weight excluding hydrogens is 358 g/mol. The molecule has 0 bridgehead atoms. The number of carbonyl (C=O) groups is 4. The van der Waals surface area contributed by atoms with Gasteiger partial charge >= 0.3 is 6.03 Å². The number of hydrogen-bond donors (Lipinski definition) is 2. The van der Waals surface area contributed by atoms with Gasteiger partial charge in [0.25, 0.3) is 5.91 Å². The molecule has 1 aliphatic rings. The Hall–Kier alpha value is -3.22. The van der Waals surface area contributed by atoms with E-state index in [-0.39, 0.29) is 11.5 Å². The lowest BCUT2D eigenvalue weighted by Crippen LogP contribution is -2.43. The van der Waals surface area contributed by atoms with Gasteiger partial charge in [0.2, 0.25) is 0 Å². The number of Topliss-reactive ketones (excluding diaryl/α,β-unsaturated/α-hetero) is 2. The largest absolute Gasteiger partial charge is 0.355 e. The van der Waals surface area contributed by atoms with Crippen molar-refractivity contribution in [2.75, 3.05) is 6.54 Å². The van der Waals surface area contributed by atoms with Gasteiger partial charge in [-0.3, -0.25) is 19.3 Å². The molecule has 0 spiro atoms. The Morgan fingerprint density at radius 1 is 1.11 bits per heavy atom. The van der Waals surface area contributed by atoms with Crippen molar-refractivity contribution in [3.63, 3.8) is 0 Å². The molecule has 1 fully saturated rings. The van der Waals surface area contributed by atoms with Gasteiger partial charge in [0.05, 0.1) is 12.2 Å². The summed E-state index contributed by atoms with van der Waals surface area (Å²) in [6.45, 7) is 6.25. The Labute approximate surface area is 163 Å². The van der Waals surface area contributed by atoms with E-state index in [1.165, 1.54) is 6.92 Å². The third-order valence-electron chi connectivity index (χ3n) is 5.34. The first-order chi connectivity index (χ1) is 13.2. The second-order valence-corrected chi connectivity index (χ2v) is 7.05. The van der Waals surface area contributed by atoms with Crippen molar-refractivity contribution < 1.29 is 19.2 Å². The summed E-state index contributed by atoms with van der Waals surface area (Å²) in [5, 5.41) is 2.76. The van der Waals surface area contributed by atoms with Crippen LogP contribution in [-0.2, 0) is 10.3 Å². The first kappa shape index (κ1) is 19.5. The van der Waals surface area contributed by atoms with Crippen LogP contribution in [0.25, 0.3) is 0 Å². The Bertz CT molecular complexity index is 977. The predicted molar refractivity (Wildman–Crippen MR) is 103 cm³/mol. The van der Waals surface area contributed by atoms with Crippen LogP contribution < -0.4 is 5.32 Å². The smallest absolute Gasteiger partial charge is 0.325 e. The Kier molecular flexibility index (Phi) is 4.93. The van der Waals surface area contributed by atoms with Gasteiger partial charge in [0.15, 0.2) is 11.6 Å². The lowest BCUT2D eigenvalue weighted by Gasteiger charge is -2.25. The van der Waals surface area contributed by atoms with E-state index in [1.807, 2.05) is 13.0 Å². The van der Waals surface area contributed by atoms with Crippen LogP contribution in [0.15, 0.2) is 30.3 Å². The van der Waals surface area contributed by atoms with E-state index in [9.17, 15) is 19.2 Å². The molecule has 28 heavy (non-hydrogen) atoms. The highest BCUT2D eigenvalue weighted by molar-refractivity contribution is 6.12. The Morgan fingerprint density at radius 3 is 2.29 bits per heavy atom. The molecule has 1 saturated heterocycles. The summed E-state index contributed by atoms with van der Waals surface area (Å²) in [4.78, 5) is 54.2. The number of rotatable bonds is 6. The summed E-state index contributed by atoms with van der Waals surface area (Å²) < 4.78 is 0. The normalized spacial score (nSPS) is 19.1. The summed E-state index contributed by atoms with van der Waals surface area (Å²) in [5.41, 5.74) is 1.34. The van der Waals surface area contributed by atoms with Gasteiger partial charge < -0.3 is 10.3 Å². The summed E-state index contributed by atoms with van der Waals surface area (Å²) in [5.74, 6) is -1.02. The number of H-pyrrole nitrogens is 1. The SMILES string of the molecule is CCC1(c2ccccc2)NC(=O)N(CC(=O)c2[nH]c(C)c(C(C)=O)c2C)C1=O. The number of nitrogens with one attached hydrogen (secondary N) is 2. The molecule has 0 radical (unpaired) electrons. The minimum Gasteiger partial charge on any atom is -0.355 e. The molecule has 2 N–H and O–H groups in total. The topological polar surface area (TPSA) is 99.3 Å². The first-order valence-corrected chi connectivity index (χ1v) is 9.15. The zero-order valence-corrected chi connectivity index (χ0v) is 16.4. The highest BCUT2D eigenvalue weighted by atomic mass is 16.2. The molecule has 3 rings (SSSR count). The minimum absolute atomic E-state index is 0.144. The van der Waals surface area contributed by atoms with Crippen LogP contribution in [-0.4, -0.2) is 39.9 Å². The maximum Gasteiger partial charge on any atom is 0.325 e. The van der Waals surface area contributed by atoms with Crippen LogP contribution in [0.3, 0.4) is 0 Å². The van der Waals surface area contributed by atoms with Crippen LogP contribution >= 0.6 is 0 Å². The summed E-state index contributed by atoms with van der Waals surface area (Å²) in [6, 6.07) is 8.40. The van der Waals surface area contributed by atoms with Crippen molar-refractivity contribution in [3.05, 3.63) is 58.4 Å². The fraction of sp³-hybridized carbons (Fsp3) is 0.333. The number of aromatic amines is 1. The van der Waals surface area contributed by atoms with Gasteiger partial charge in [0.1, 0.15) is 5.54 Å². The van der Waals surface area contributed by atoms with Gasteiger partial charge in [0, 0.05) is 11.3 Å². The van der Waals surface area contributed by atoms with Crippen molar-refractivity contribution in [1.29, 1.82) is 0 Å². The number of ketones is 2. The number of amides is 3. The van der Waals surface area contributed by atoms with Gasteiger partial charge in [-0.15, -0.1) is 0 Å². The number of aryl methyl sites for hydroxylation is 1. The highest BCUT2D eigenvalue weighted by Crippen LogP contribution is 2.32. The lowest BCUT2D eigenvalue weighted by atomic mass is 9.87. The Morgan fingerprint density at radius 2 is 1.75 bits per heavy atom. The second-order valence-electron chi connectivity index (χ2n) is 7.05. The third kappa shape index (κ3) is 2.93. The molecule has 1 unspecified atom stereocenters. The highest BCUT2D eigenvalue weighted by Gasteiger charge is 2.51. The van der Waals surface area contributed by atoms with Crippen molar-refractivity contribution >= 4 is 23.5 Å². The molecule has 7 heteroatoms. The monoisotopic (exact) mass is 381 g/mol. The van der Waals surface area contributed by atoms with Crippen LogP contribution in [0.4, 0.5) is 4.79 Å². The van der Waals surface area contributed by atoms with E-state index >= 15 is 0 Å². The van der Waals surface area contributed by atoms with E-state index in [2.05, 4.69) is 10.3 Å². The van der Waals surface area contributed by atoms with Gasteiger partial charge in [-0.1, -0.05) is 37.3 Å². The van der Waals surface area contributed by atoms with Crippen molar-refractivity contribution in [1.82, 2.24) is 15.2 Å². The summed E-state index contributed by atoms with van der Waals surface area (Å²) in [6.07, 6.45) is 0.362. The zero-order chi connectivity index (χ0) is 20.6. The minimum atomic E-state index is -1.18. The van der Waals surface area contributed by atoms with E-state index in [0.29, 0.717) is 28.8 Å². The fourth-order valence-corrected chi connectivity index (χ4v) is 3.91. The molecule has 146 valence electrons. The van der Waals surface area contributed by atoms with Gasteiger partial charge in [-0.05, 0) is 38.3 Å². The van der Waals surface area contributed by atoms with Crippen molar-refractivity contribution in [2.45, 2.75) is 39.7 Å². The molecule has 1 aromatic carbocycles. The molecule has 2 aromatic rings. The number of aromatic nitrogens is 1. The molecule has 1 aromatic heterocycles. The standard InChI is InChI=1S/C21H23N3O4/c1-5-21(15-9-7-6-8-10-15)19(27)24(20(28)23-21)11-16(26)18-12(2)17(14(4)25)13(3)22-18/h6-10,22H,5,11H2,1-4H3,(H,23,28). The number of imide groups is 1. The maximum atomic E-state index is 13.1. The summed E-state index contributed by atoms with van der Waals surface area (Å²) >= 11 is 0. The average Bonchev–Trinajstić information content (AvgIpc) is 3.10. The predicted octanol–water partition coefficient (Wildman–Crippen LogP) is 2.87. The molecule has 1 aliphatic heterocycles. The number of hydrogen-bond acceptors (Lipinski definition) is 4. The van der Waals surface area contributed by atoms with Crippen LogP contribution in [0.2, 0.25) is 0 Å². The van der Waals surface area contributed by atoms with Gasteiger partial charge in [-0.2, -0.15) is 0 Å². The zero-order valence-electron chi connectivity index (χ0n) is 16.4. The van der Waals surface area contributed by atoms with E-state index < -0.39 is 29.8 Å². The van der Waals surface area contributed by atoms with E-state index in [0.717, 1.165) is 4.90 Å². The molecule has 0 aliphatic carbocycles. The fourth-order valence-electron chi connectivity index (χ4n) is 3.91. The Balaban J connectivity index is 1.90. The van der Waals surface area contributed by atoms with Crippen LogP contribution in [0.1, 0.15) is 57.9 Å². The molecule has 1 atom stereocenters. The lowest BCUT2D eigenvalue weighted by molar-refractivity contribution is -0.131. The van der Waals surface area contributed by atoms with E-state index in [1.54, 1.807) is 38.1 Å². The number of carbonyl (C=O) groups excluding carboxylic acids is 4. The van der Waals surface area contributed by atoms with Crippen LogP contribution in [0.5, 0.6) is 0 Å². The number of urea groups is 1. The molecule has 2 heterocycles. The molecular formula is C21H23N3O4. The quantitative estimate of drug-likeness (QED) is 0.594. The van der Waals surface area contributed by atoms with E-state index in [4.69, 9.17) is 0 Å². The third-order valence-corrected chi connectivity index (χ3v) is 5.34. The van der Waals surface area contributed by atoms with Crippen molar-refractivity contribution in [2.24, 2.45) is 0 Å².